The van der Waals surface area contributed by atoms with Gasteiger partial charge >= 0.3 is 0 Å². The van der Waals surface area contributed by atoms with E-state index >= 15 is 0 Å². The molecule has 1 fully saturated rings. The summed E-state index contributed by atoms with van der Waals surface area (Å²) in [7, 11) is 0. The average molecular weight is 418 g/mol. The lowest BCUT2D eigenvalue weighted by molar-refractivity contribution is -0.382. The number of halogens is 1. The summed E-state index contributed by atoms with van der Waals surface area (Å²) >= 11 is 7.35. The molecule has 0 radical (unpaired) electrons. The Morgan fingerprint density at radius 3 is 2.57 bits per heavy atom. The van der Waals surface area contributed by atoms with E-state index in [2.05, 4.69) is 10.2 Å². The van der Waals surface area contributed by atoms with E-state index in [4.69, 9.17) is 16.3 Å². The lowest BCUT2D eigenvalue weighted by Gasteiger charge is -2.28. The largest absolute Gasteiger partial charge is 0.378 e. The summed E-state index contributed by atoms with van der Waals surface area (Å²) < 4.78 is 5.75. The molecule has 4 rings (SSSR count). The van der Waals surface area contributed by atoms with Crippen LogP contribution in [0.5, 0.6) is 0 Å². The zero-order chi connectivity index (χ0) is 19.7. The van der Waals surface area contributed by atoms with E-state index in [0.29, 0.717) is 29.0 Å². The topological polar surface area (TPSA) is 84.7 Å². The monoisotopic (exact) mass is 417 g/mol. The minimum absolute atomic E-state index is 0.0571. The van der Waals surface area contributed by atoms with Gasteiger partial charge in [-0.1, -0.05) is 23.7 Å². The molecule has 2 aromatic carbocycles. The Balaban J connectivity index is 1.56. The number of hydrogen-bond acceptors (Lipinski definition) is 6. The Kier molecular flexibility index (Phi) is 5.17. The molecule has 0 unspecified atom stereocenters. The fourth-order valence-corrected chi connectivity index (χ4v) is 4.62. The number of ether oxygens (including phenoxy) is 1. The Morgan fingerprint density at radius 2 is 1.89 bits per heavy atom. The van der Waals surface area contributed by atoms with Crippen LogP contribution in [-0.4, -0.2) is 37.1 Å². The molecule has 1 aliphatic heterocycles. The van der Waals surface area contributed by atoms with Gasteiger partial charge in [-0.15, -0.1) is 11.3 Å². The smallest absolute Gasteiger partial charge is 0.287 e. The predicted octanol–water partition coefficient (Wildman–Crippen LogP) is 4.55. The fourth-order valence-electron chi connectivity index (χ4n) is 3.13. The van der Waals surface area contributed by atoms with Crippen LogP contribution >= 0.6 is 22.9 Å². The Hall–Kier alpha value is -2.68. The number of rotatable bonds is 4. The van der Waals surface area contributed by atoms with Gasteiger partial charge in [0, 0.05) is 35.9 Å². The molecule has 0 atom stereocenters. The van der Waals surface area contributed by atoms with Gasteiger partial charge in [0.2, 0.25) is 0 Å². The Morgan fingerprint density at radius 1 is 1.18 bits per heavy atom. The number of thiophene rings is 1. The number of fused-ring (bicyclic) bond motifs is 1. The number of carbonyl (C=O) groups is 1. The van der Waals surface area contributed by atoms with Crippen molar-refractivity contribution in [3.63, 3.8) is 0 Å². The van der Waals surface area contributed by atoms with E-state index in [1.807, 2.05) is 24.3 Å². The predicted molar refractivity (Wildman–Crippen MR) is 111 cm³/mol. The number of nitro benzene ring substituents is 1. The van der Waals surface area contributed by atoms with E-state index in [1.54, 1.807) is 12.1 Å². The molecular weight excluding hydrogens is 402 g/mol. The maximum Gasteiger partial charge on any atom is 0.287 e. The van der Waals surface area contributed by atoms with Gasteiger partial charge < -0.3 is 15.0 Å². The molecule has 2 heterocycles. The first-order valence-corrected chi connectivity index (χ1v) is 9.83. The van der Waals surface area contributed by atoms with Gasteiger partial charge in [0.15, 0.2) is 0 Å². The van der Waals surface area contributed by atoms with Gasteiger partial charge in [0.25, 0.3) is 11.6 Å². The summed E-state index contributed by atoms with van der Waals surface area (Å²) in [4.78, 5) is 25.9. The molecule has 0 saturated carbocycles. The maximum absolute atomic E-state index is 12.7. The second-order valence-electron chi connectivity index (χ2n) is 6.26. The van der Waals surface area contributed by atoms with Crippen LogP contribution in [0, 0.1) is 10.1 Å². The van der Waals surface area contributed by atoms with Crippen LogP contribution in [0.2, 0.25) is 5.02 Å². The van der Waals surface area contributed by atoms with E-state index in [1.165, 1.54) is 6.07 Å². The van der Waals surface area contributed by atoms with E-state index < -0.39 is 4.92 Å². The molecule has 1 N–H and O–H groups in total. The van der Waals surface area contributed by atoms with Crippen LogP contribution in [-0.2, 0) is 4.74 Å². The average Bonchev–Trinajstić information content (AvgIpc) is 3.06. The number of benzene rings is 2. The highest BCUT2D eigenvalue weighted by molar-refractivity contribution is 7.22. The van der Waals surface area contributed by atoms with Crippen LogP contribution < -0.4 is 10.2 Å². The van der Waals surface area contributed by atoms with Gasteiger partial charge in [-0.2, -0.15) is 0 Å². The molecule has 1 aliphatic rings. The van der Waals surface area contributed by atoms with Crippen LogP contribution in [0.4, 0.5) is 17.1 Å². The molecule has 1 aromatic heterocycles. The molecule has 1 saturated heterocycles. The second-order valence-corrected chi connectivity index (χ2v) is 7.66. The molecule has 144 valence electrons. The summed E-state index contributed by atoms with van der Waals surface area (Å²) in [5.74, 6) is -0.389. The quantitative estimate of drug-likeness (QED) is 0.497. The first-order chi connectivity index (χ1) is 13.5. The van der Waals surface area contributed by atoms with Crippen molar-refractivity contribution in [2.45, 2.75) is 0 Å². The molecule has 9 heteroatoms. The van der Waals surface area contributed by atoms with Crippen molar-refractivity contribution in [1.29, 1.82) is 0 Å². The van der Waals surface area contributed by atoms with E-state index in [0.717, 1.165) is 30.1 Å². The summed E-state index contributed by atoms with van der Waals surface area (Å²) in [6.07, 6.45) is 0. The Labute approximate surface area is 169 Å². The van der Waals surface area contributed by atoms with Gasteiger partial charge in [-0.05, 0) is 24.3 Å². The maximum atomic E-state index is 12.7. The van der Waals surface area contributed by atoms with Gasteiger partial charge in [0.1, 0.15) is 9.58 Å². The highest BCUT2D eigenvalue weighted by Crippen LogP contribution is 2.40. The normalized spacial score (nSPS) is 14.2. The molecule has 0 spiro atoms. The van der Waals surface area contributed by atoms with Crippen molar-refractivity contribution >= 4 is 56.0 Å². The van der Waals surface area contributed by atoms with Crippen LogP contribution in [0.1, 0.15) is 9.67 Å². The molecule has 7 nitrogen and oxygen atoms in total. The lowest BCUT2D eigenvalue weighted by atomic mass is 10.2. The molecule has 28 heavy (non-hydrogen) atoms. The summed E-state index contributed by atoms with van der Waals surface area (Å²) in [6.45, 7) is 3.08. The number of morpholine rings is 1. The number of nitro groups is 1. The first-order valence-electron chi connectivity index (χ1n) is 8.64. The highest BCUT2D eigenvalue weighted by Gasteiger charge is 2.23. The molecule has 3 aromatic rings. The standard InChI is InChI=1S/C19H16ClN3O4S/c20-16-14-2-1-3-15(23(25)26)17(14)28-18(16)19(24)21-12-4-6-13(7-5-12)22-8-10-27-11-9-22/h1-7H,8-11H2,(H,21,24). The van der Waals surface area contributed by atoms with Crippen molar-refractivity contribution in [3.05, 3.63) is 62.5 Å². The minimum atomic E-state index is -0.471. The van der Waals surface area contributed by atoms with Crippen molar-refractivity contribution < 1.29 is 14.5 Å². The number of anilines is 2. The van der Waals surface area contributed by atoms with Crippen molar-refractivity contribution in [1.82, 2.24) is 0 Å². The number of amides is 1. The second kappa shape index (κ2) is 7.75. The SMILES string of the molecule is O=C(Nc1ccc(N2CCOCC2)cc1)c1sc2c([N+](=O)[O-])cccc2c1Cl. The summed E-state index contributed by atoms with van der Waals surface area (Å²) in [5.41, 5.74) is 1.64. The van der Waals surface area contributed by atoms with Gasteiger partial charge in [-0.3, -0.25) is 14.9 Å². The zero-order valence-electron chi connectivity index (χ0n) is 14.7. The third kappa shape index (κ3) is 3.54. The third-order valence-electron chi connectivity index (χ3n) is 4.54. The fraction of sp³-hybridized carbons (Fsp3) is 0.211. The van der Waals surface area contributed by atoms with Crippen LogP contribution in [0.3, 0.4) is 0 Å². The summed E-state index contributed by atoms with van der Waals surface area (Å²) in [5, 5.41) is 14.8. The zero-order valence-corrected chi connectivity index (χ0v) is 16.3. The number of hydrogen-bond donors (Lipinski definition) is 1. The Bertz CT molecular complexity index is 1050. The minimum Gasteiger partial charge on any atom is -0.378 e. The first kappa shape index (κ1) is 18.7. The third-order valence-corrected chi connectivity index (χ3v) is 6.27. The van der Waals surface area contributed by atoms with Gasteiger partial charge in [0.05, 0.1) is 23.2 Å². The number of nitrogens with zero attached hydrogens (tertiary/aromatic N) is 2. The van der Waals surface area contributed by atoms with Crippen molar-refractivity contribution in [3.8, 4) is 0 Å². The number of non-ortho nitro benzene ring substituents is 1. The van der Waals surface area contributed by atoms with Crippen molar-refractivity contribution in [2.24, 2.45) is 0 Å². The molecular formula is C19H16ClN3O4S. The lowest BCUT2D eigenvalue weighted by Crippen LogP contribution is -2.36. The van der Waals surface area contributed by atoms with E-state index in [-0.39, 0.29) is 21.5 Å². The number of nitrogens with one attached hydrogen (secondary N) is 1. The molecule has 0 bridgehead atoms. The van der Waals surface area contributed by atoms with Gasteiger partial charge in [-0.25, -0.2) is 0 Å². The molecule has 1 amide bonds. The summed E-state index contributed by atoms with van der Waals surface area (Å²) in [6, 6.07) is 12.2. The molecule has 0 aliphatic carbocycles. The number of carbonyl (C=O) groups excluding carboxylic acids is 1. The highest BCUT2D eigenvalue weighted by atomic mass is 35.5. The van der Waals surface area contributed by atoms with E-state index in [9.17, 15) is 14.9 Å². The van der Waals surface area contributed by atoms with Crippen LogP contribution in [0.25, 0.3) is 10.1 Å². The van der Waals surface area contributed by atoms with Crippen LogP contribution in [0.15, 0.2) is 42.5 Å². The van der Waals surface area contributed by atoms with Crippen molar-refractivity contribution in [2.75, 3.05) is 36.5 Å².